The van der Waals surface area contributed by atoms with Crippen molar-refractivity contribution < 1.29 is 29.1 Å². The van der Waals surface area contributed by atoms with Crippen LogP contribution in [0.4, 0.5) is 4.79 Å². The summed E-state index contributed by atoms with van der Waals surface area (Å²) in [6, 6.07) is 11.3. The van der Waals surface area contributed by atoms with Gasteiger partial charge in [0.25, 0.3) is 5.91 Å². The first kappa shape index (κ1) is 29.1. The van der Waals surface area contributed by atoms with E-state index >= 15 is 0 Å². The molecule has 2 bridgehead atoms. The van der Waals surface area contributed by atoms with E-state index in [2.05, 4.69) is 16.3 Å². The molecular formula is C28H39BN4O6. The third-order valence-corrected chi connectivity index (χ3v) is 8.32. The maximum Gasteiger partial charge on any atom is 0.475 e. The molecule has 10 nitrogen and oxygen atoms in total. The summed E-state index contributed by atoms with van der Waals surface area (Å²) in [5.41, 5.74) is -0.265. The average molecular weight is 538 g/mol. The topological polar surface area (TPSA) is 135 Å². The van der Waals surface area contributed by atoms with Crippen LogP contribution >= 0.6 is 0 Å². The third kappa shape index (κ3) is 6.64. The van der Waals surface area contributed by atoms with Crippen molar-refractivity contribution in [1.29, 1.82) is 5.26 Å². The highest BCUT2D eigenvalue weighted by atomic mass is 16.6. The summed E-state index contributed by atoms with van der Waals surface area (Å²) in [4.78, 5) is 30.4. The van der Waals surface area contributed by atoms with E-state index in [1.165, 1.54) is 0 Å². The lowest BCUT2D eigenvalue weighted by Crippen LogP contribution is -2.53. The number of nitriles is 1. The van der Waals surface area contributed by atoms with Crippen LogP contribution in [0.2, 0.25) is 0 Å². The van der Waals surface area contributed by atoms with Crippen LogP contribution in [0.5, 0.6) is 0 Å². The van der Waals surface area contributed by atoms with Gasteiger partial charge in [0.15, 0.2) is 0 Å². The SMILES string of the molecule is C[C@H]1CN(C(C)(C)C=C(C#N)C(=O)N2C3CCC2(COC(=O)N[C@@H](Cc2ccccc2)B(O)O)CC3)CCO1. The Bertz CT molecular complexity index is 1100. The number of nitrogens with zero attached hydrogens (tertiary/aromatic N) is 3. The van der Waals surface area contributed by atoms with Gasteiger partial charge in [-0.3, -0.25) is 9.69 Å². The van der Waals surface area contributed by atoms with Crippen LogP contribution in [0.15, 0.2) is 42.0 Å². The molecule has 0 spiro atoms. The Morgan fingerprint density at radius 1 is 1.31 bits per heavy atom. The molecule has 3 fully saturated rings. The fourth-order valence-corrected chi connectivity index (χ4v) is 6.17. The van der Waals surface area contributed by atoms with E-state index in [-0.39, 0.29) is 36.7 Å². The van der Waals surface area contributed by atoms with Gasteiger partial charge < -0.3 is 29.7 Å². The number of alkyl carbamates (subject to hydrolysis) is 1. The molecule has 0 aliphatic carbocycles. The number of ether oxygens (including phenoxy) is 2. The van der Waals surface area contributed by atoms with Gasteiger partial charge in [-0.15, -0.1) is 0 Å². The number of rotatable bonds is 9. The van der Waals surface area contributed by atoms with Gasteiger partial charge in [-0.2, -0.15) is 5.26 Å². The summed E-state index contributed by atoms with van der Waals surface area (Å²) >= 11 is 0. The number of nitrogens with one attached hydrogen (secondary N) is 1. The maximum absolute atomic E-state index is 13.8. The standard InChI is InChI=1S/C28H39BN4O6/c1-20-18-32(13-14-38-20)27(2,3)16-22(17-30)25(34)33-23-9-11-28(33,12-10-23)19-39-26(35)31-24(29(36)37)15-21-7-5-4-6-8-21/h4-8,16,20,23-24,36-37H,9-15,18-19H2,1-3H3,(H,31,35)/t20-,23?,24-,28?/m0/s1. The molecule has 210 valence electrons. The first-order chi connectivity index (χ1) is 18.5. The van der Waals surface area contributed by atoms with Gasteiger partial charge >= 0.3 is 13.2 Å². The van der Waals surface area contributed by atoms with E-state index in [0.717, 1.165) is 18.4 Å². The molecule has 0 radical (unpaired) electrons. The zero-order chi connectivity index (χ0) is 28.2. The summed E-state index contributed by atoms with van der Waals surface area (Å²) in [6.07, 6.45) is 4.19. The number of carbonyl (C=O) groups excluding carboxylic acids is 2. The van der Waals surface area contributed by atoms with E-state index in [4.69, 9.17) is 9.47 Å². The Balaban J connectivity index is 1.43. The number of carbonyl (C=O) groups is 2. The third-order valence-electron chi connectivity index (χ3n) is 8.32. The highest BCUT2D eigenvalue weighted by Gasteiger charge is 2.55. The lowest BCUT2D eigenvalue weighted by atomic mass is 9.76. The Hall–Kier alpha value is -2.91. The van der Waals surface area contributed by atoms with Crippen molar-refractivity contribution in [2.75, 3.05) is 26.3 Å². The van der Waals surface area contributed by atoms with Crippen molar-refractivity contribution in [3.8, 4) is 6.07 Å². The zero-order valence-corrected chi connectivity index (χ0v) is 23.0. The van der Waals surface area contributed by atoms with E-state index < -0.39 is 30.2 Å². The van der Waals surface area contributed by atoms with Gasteiger partial charge in [0.05, 0.1) is 24.2 Å². The molecule has 3 N–H and O–H groups in total. The summed E-state index contributed by atoms with van der Waals surface area (Å²) in [5, 5.41) is 32.1. The number of morpholine rings is 1. The van der Waals surface area contributed by atoms with Gasteiger partial charge in [0.1, 0.15) is 18.2 Å². The normalized spacial score (nSPS) is 26.2. The summed E-state index contributed by atoms with van der Waals surface area (Å²) in [7, 11) is -1.77. The molecule has 11 heteroatoms. The predicted octanol–water partition coefficient (Wildman–Crippen LogP) is 1.81. The average Bonchev–Trinajstić information content (AvgIpc) is 3.46. The zero-order valence-electron chi connectivity index (χ0n) is 23.0. The second kappa shape index (κ2) is 12.1. The molecule has 0 aromatic heterocycles. The highest BCUT2D eigenvalue weighted by Crippen LogP contribution is 2.47. The van der Waals surface area contributed by atoms with Crippen molar-refractivity contribution in [2.24, 2.45) is 0 Å². The highest BCUT2D eigenvalue weighted by molar-refractivity contribution is 6.43. The summed E-state index contributed by atoms with van der Waals surface area (Å²) in [6.45, 7) is 8.01. The van der Waals surface area contributed by atoms with Crippen molar-refractivity contribution in [3.05, 3.63) is 47.5 Å². The van der Waals surface area contributed by atoms with Crippen molar-refractivity contribution in [3.63, 3.8) is 0 Å². The van der Waals surface area contributed by atoms with Gasteiger partial charge in [-0.05, 0) is 64.5 Å². The van der Waals surface area contributed by atoms with Crippen LogP contribution in [0, 0.1) is 11.3 Å². The monoisotopic (exact) mass is 538 g/mol. The van der Waals surface area contributed by atoms with Crippen LogP contribution in [0.1, 0.15) is 52.0 Å². The van der Waals surface area contributed by atoms with Crippen LogP contribution < -0.4 is 5.32 Å². The Morgan fingerprint density at radius 3 is 2.62 bits per heavy atom. The Morgan fingerprint density at radius 2 is 2.00 bits per heavy atom. The van der Waals surface area contributed by atoms with Crippen LogP contribution in [-0.2, 0) is 20.7 Å². The number of amides is 2. The molecule has 0 saturated carbocycles. The number of hydrogen-bond donors (Lipinski definition) is 3. The van der Waals surface area contributed by atoms with Gasteiger partial charge in [-0.1, -0.05) is 30.3 Å². The van der Waals surface area contributed by atoms with Crippen LogP contribution in [-0.4, -0.2) is 94.4 Å². The van der Waals surface area contributed by atoms with Crippen LogP contribution in [0.25, 0.3) is 0 Å². The molecule has 1 aromatic rings. The second-order valence-corrected chi connectivity index (χ2v) is 11.5. The molecule has 2 atom stereocenters. The molecule has 3 saturated heterocycles. The summed E-state index contributed by atoms with van der Waals surface area (Å²) in [5.74, 6) is -1.28. The molecule has 2 amide bonds. The molecule has 3 heterocycles. The molecule has 1 aromatic carbocycles. The number of fused-ring (bicyclic) bond motifs is 2. The van der Waals surface area contributed by atoms with Crippen molar-refractivity contribution in [1.82, 2.24) is 15.1 Å². The van der Waals surface area contributed by atoms with Gasteiger partial charge in [0.2, 0.25) is 0 Å². The first-order valence-electron chi connectivity index (χ1n) is 13.7. The summed E-state index contributed by atoms with van der Waals surface area (Å²) < 4.78 is 11.2. The molecule has 0 unspecified atom stereocenters. The Labute approximate surface area is 230 Å². The lowest BCUT2D eigenvalue weighted by Gasteiger charge is -2.41. The van der Waals surface area contributed by atoms with Crippen molar-refractivity contribution in [2.45, 2.75) is 82.0 Å². The van der Waals surface area contributed by atoms with Crippen LogP contribution in [0.3, 0.4) is 0 Å². The number of hydrogen-bond acceptors (Lipinski definition) is 8. The predicted molar refractivity (Wildman–Crippen MR) is 145 cm³/mol. The fraction of sp³-hybridized carbons (Fsp3) is 0.607. The van der Waals surface area contributed by atoms with Gasteiger partial charge in [-0.25, -0.2) is 4.79 Å². The smallest absolute Gasteiger partial charge is 0.447 e. The van der Waals surface area contributed by atoms with E-state index in [0.29, 0.717) is 32.5 Å². The van der Waals surface area contributed by atoms with Gasteiger partial charge in [0, 0.05) is 24.7 Å². The molecule has 4 rings (SSSR count). The quantitative estimate of drug-likeness (QED) is 0.246. The maximum atomic E-state index is 13.8. The van der Waals surface area contributed by atoms with E-state index in [1.807, 2.05) is 51.1 Å². The fourth-order valence-electron chi connectivity index (χ4n) is 6.17. The van der Waals surface area contributed by atoms with E-state index in [9.17, 15) is 24.9 Å². The molecule has 3 aliphatic rings. The Kier molecular flexibility index (Phi) is 9.02. The van der Waals surface area contributed by atoms with E-state index in [1.54, 1.807) is 11.0 Å². The molecular weight excluding hydrogens is 499 g/mol. The lowest BCUT2D eigenvalue weighted by molar-refractivity contribution is -0.132. The minimum absolute atomic E-state index is 0.00229. The largest absolute Gasteiger partial charge is 0.475 e. The minimum atomic E-state index is -1.77. The molecule has 39 heavy (non-hydrogen) atoms. The second-order valence-electron chi connectivity index (χ2n) is 11.5. The van der Waals surface area contributed by atoms with Crippen molar-refractivity contribution >= 4 is 19.1 Å². The number of benzene rings is 1. The molecule has 3 aliphatic heterocycles. The minimum Gasteiger partial charge on any atom is -0.447 e. The first-order valence-corrected chi connectivity index (χ1v) is 13.7.